The van der Waals surface area contributed by atoms with Gasteiger partial charge in [-0.3, -0.25) is 0 Å². The first-order chi connectivity index (χ1) is 8.49. The highest BCUT2D eigenvalue weighted by atomic mass is 35.5. The van der Waals surface area contributed by atoms with Gasteiger partial charge in [0.2, 0.25) is 0 Å². The zero-order chi connectivity index (χ0) is 13.3. The van der Waals surface area contributed by atoms with Gasteiger partial charge in [0.05, 0.1) is 5.38 Å². The summed E-state index contributed by atoms with van der Waals surface area (Å²) in [4.78, 5) is 0. The van der Waals surface area contributed by atoms with Crippen LogP contribution in [0.15, 0.2) is 36.4 Å². The Kier molecular flexibility index (Phi) is 4.16. The normalized spacial score (nSPS) is 12.5. The monoisotopic (exact) mass is 302 g/mol. The van der Waals surface area contributed by atoms with E-state index in [2.05, 4.69) is 0 Å². The van der Waals surface area contributed by atoms with Crippen molar-refractivity contribution in [3.05, 3.63) is 69.0 Å². The Labute approximate surface area is 120 Å². The van der Waals surface area contributed by atoms with Gasteiger partial charge in [-0.05, 0) is 36.2 Å². The molecule has 0 amide bonds. The molecular formula is C14H10Cl3F. The second-order valence-corrected chi connectivity index (χ2v) is 5.33. The number of aryl methyl sites for hydroxylation is 1. The molecule has 0 aromatic heterocycles. The third kappa shape index (κ3) is 2.80. The lowest BCUT2D eigenvalue weighted by Crippen LogP contribution is -1.98. The van der Waals surface area contributed by atoms with Crippen LogP contribution in [0.3, 0.4) is 0 Å². The van der Waals surface area contributed by atoms with E-state index in [4.69, 9.17) is 34.8 Å². The summed E-state index contributed by atoms with van der Waals surface area (Å²) in [5, 5.41) is 0.329. The minimum absolute atomic E-state index is 0.332. The van der Waals surface area contributed by atoms with E-state index in [-0.39, 0.29) is 5.82 Å². The number of hydrogen-bond donors (Lipinski definition) is 0. The van der Waals surface area contributed by atoms with Crippen molar-refractivity contribution >= 4 is 34.8 Å². The molecule has 0 spiro atoms. The third-order valence-corrected chi connectivity index (χ3v) is 3.70. The molecule has 0 heterocycles. The maximum Gasteiger partial charge on any atom is 0.128 e. The van der Waals surface area contributed by atoms with Gasteiger partial charge in [-0.1, -0.05) is 41.4 Å². The molecule has 0 N–H and O–H groups in total. The van der Waals surface area contributed by atoms with Crippen LogP contribution in [-0.2, 0) is 0 Å². The first kappa shape index (κ1) is 13.7. The molecular weight excluding hydrogens is 294 g/mol. The van der Waals surface area contributed by atoms with E-state index in [0.29, 0.717) is 21.2 Å². The van der Waals surface area contributed by atoms with Crippen LogP contribution in [0.25, 0.3) is 0 Å². The standard InChI is InChI=1S/C14H10Cl3F/c1-8-2-4-11(13(18)6-8)14(17)10-5-3-9(15)7-12(10)16/h2-7,14H,1H3. The Morgan fingerprint density at radius 3 is 2.28 bits per heavy atom. The average molecular weight is 304 g/mol. The number of alkyl halides is 1. The van der Waals surface area contributed by atoms with Crippen molar-refractivity contribution in [1.29, 1.82) is 0 Å². The van der Waals surface area contributed by atoms with Crippen LogP contribution in [0.1, 0.15) is 22.1 Å². The topological polar surface area (TPSA) is 0 Å². The van der Waals surface area contributed by atoms with Crippen molar-refractivity contribution in [3.63, 3.8) is 0 Å². The molecule has 0 aliphatic rings. The van der Waals surface area contributed by atoms with E-state index >= 15 is 0 Å². The van der Waals surface area contributed by atoms with Crippen molar-refractivity contribution in [2.45, 2.75) is 12.3 Å². The molecule has 18 heavy (non-hydrogen) atoms. The van der Waals surface area contributed by atoms with Crippen molar-refractivity contribution in [2.24, 2.45) is 0 Å². The predicted octanol–water partition coefficient (Wildman–Crippen LogP) is 5.77. The van der Waals surface area contributed by atoms with Gasteiger partial charge in [-0.25, -0.2) is 4.39 Å². The van der Waals surface area contributed by atoms with Crippen LogP contribution in [0.2, 0.25) is 10.0 Å². The molecule has 0 fully saturated rings. The number of benzene rings is 2. The lowest BCUT2D eigenvalue weighted by Gasteiger charge is -2.13. The second-order valence-electron chi connectivity index (χ2n) is 4.05. The van der Waals surface area contributed by atoms with Crippen molar-refractivity contribution < 1.29 is 4.39 Å². The highest BCUT2D eigenvalue weighted by Crippen LogP contribution is 2.36. The summed E-state index contributed by atoms with van der Waals surface area (Å²) in [7, 11) is 0. The maximum atomic E-state index is 13.8. The summed E-state index contributed by atoms with van der Waals surface area (Å²) < 4.78 is 13.8. The van der Waals surface area contributed by atoms with Crippen LogP contribution < -0.4 is 0 Å². The zero-order valence-corrected chi connectivity index (χ0v) is 11.8. The fraction of sp³-hybridized carbons (Fsp3) is 0.143. The van der Waals surface area contributed by atoms with E-state index < -0.39 is 5.38 Å². The summed E-state index contributed by atoms with van der Waals surface area (Å²) in [5.74, 6) is -0.332. The Hall–Kier alpha value is -0.760. The fourth-order valence-electron chi connectivity index (χ4n) is 1.71. The first-order valence-corrected chi connectivity index (χ1v) is 6.53. The molecule has 1 atom stereocenters. The van der Waals surface area contributed by atoms with Gasteiger partial charge in [0, 0.05) is 15.6 Å². The van der Waals surface area contributed by atoms with Crippen LogP contribution >= 0.6 is 34.8 Å². The molecule has 2 aromatic rings. The molecule has 0 saturated carbocycles. The number of halogens is 4. The molecule has 2 aromatic carbocycles. The molecule has 0 aliphatic carbocycles. The van der Waals surface area contributed by atoms with Gasteiger partial charge in [-0.15, -0.1) is 11.6 Å². The molecule has 0 saturated heterocycles. The molecule has 1 unspecified atom stereocenters. The van der Waals surface area contributed by atoms with Crippen molar-refractivity contribution in [2.75, 3.05) is 0 Å². The second kappa shape index (κ2) is 5.48. The minimum atomic E-state index is -0.629. The predicted molar refractivity (Wildman–Crippen MR) is 75.3 cm³/mol. The number of rotatable bonds is 2. The Bertz CT molecular complexity index is 530. The van der Waals surface area contributed by atoms with E-state index in [1.807, 2.05) is 13.0 Å². The molecule has 0 aliphatic heterocycles. The van der Waals surface area contributed by atoms with E-state index in [1.165, 1.54) is 6.07 Å². The third-order valence-electron chi connectivity index (χ3n) is 2.66. The van der Waals surface area contributed by atoms with E-state index in [0.717, 1.165) is 5.56 Å². The maximum absolute atomic E-state index is 13.8. The molecule has 0 radical (unpaired) electrons. The van der Waals surface area contributed by atoms with Crippen molar-refractivity contribution in [3.8, 4) is 0 Å². The Balaban J connectivity index is 2.44. The Morgan fingerprint density at radius 1 is 1.00 bits per heavy atom. The van der Waals surface area contributed by atoms with E-state index in [9.17, 15) is 4.39 Å². The molecule has 2 rings (SSSR count). The molecule has 4 heteroatoms. The summed E-state index contributed by atoms with van der Waals surface area (Å²) >= 11 is 18.2. The van der Waals surface area contributed by atoms with E-state index in [1.54, 1.807) is 24.3 Å². The Morgan fingerprint density at radius 2 is 1.67 bits per heavy atom. The highest BCUT2D eigenvalue weighted by molar-refractivity contribution is 6.36. The van der Waals surface area contributed by atoms with Crippen LogP contribution in [0.5, 0.6) is 0 Å². The minimum Gasteiger partial charge on any atom is -0.207 e. The van der Waals surface area contributed by atoms with Gasteiger partial charge < -0.3 is 0 Å². The quantitative estimate of drug-likeness (QED) is 0.618. The van der Waals surface area contributed by atoms with Crippen LogP contribution in [0.4, 0.5) is 4.39 Å². The number of hydrogen-bond acceptors (Lipinski definition) is 0. The van der Waals surface area contributed by atoms with Gasteiger partial charge in [-0.2, -0.15) is 0 Å². The summed E-state index contributed by atoms with van der Waals surface area (Å²) in [6.45, 7) is 1.82. The lowest BCUT2D eigenvalue weighted by atomic mass is 10.0. The van der Waals surface area contributed by atoms with Crippen LogP contribution in [0, 0.1) is 12.7 Å². The summed E-state index contributed by atoms with van der Waals surface area (Å²) in [5.41, 5.74) is 1.90. The van der Waals surface area contributed by atoms with Crippen LogP contribution in [-0.4, -0.2) is 0 Å². The summed E-state index contributed by atoms with van der Waals surface area (Å²) in [6.07, 6.45) is 0. The van der Waals surface area contributed by atoms with Gasteiger partial charge in [0.15, 0.2) is 0 Å². The zero-order valence-electron chi connectivity index (χ0n) is 9.55. The SMILES string of the molecule is Cc1ccc(C(Cl)c2ccc(Cl)cc2Cl)c(F)c1. The van der Waals surface area contributed by atoms with Gasteiger partial charge in [0.1, 0.15) is 5.82 Å². The summed E-state index contributed by atoms with van der Waals surface area (Å²) in [6, 6.07) is 9.94. The molecule has 0 nitrogen and oxygen atoms in total. The van der Waals surface area contributed by atoms with Gasteiger partial charge in [0.25, 0.3) is 0 Å². The highest BCUT2D eigenvalue weighted by Gasteiger charge is 2.18. The largest absolute Gasteiger partial charge is 0.207 e. The van der Waals surface area contributed by atoms with Gasteiger partial charge >= 0.3 is 0 Å². The average Bonchev–Trinajstić information content (AvgIpc) is 2.28. The van der Waals surface area contributed by atoms with Crippen molar-refractivity contribution in [1.82, 2.24) is 0 Å². The fourth-order valence-corrected chi connectivity index (χ4v) is 2.65. The molecule has 0 bridgehead atoms. The first-order valence-electron chi connectivity index (χ1n) is 5.34. The molecule has 94 valence electrons. The lowest BCUT2D eigenvalue weighted by molar-refractivity contribution is 0.611. The smallest absolute Gasteiger partial charge is 0.128 e.